The third-order valence-corrected chi connectivity index (χ3v) is 3.02. The molecule has 1 amide bonds. The van der Waals surface area contributed by atoms with Gasteiger partial charge in [0.1, 0.15) is 5.75 Å². The van der Waals surface area contributed by atoms with Crippen molar-refractivity contribution in [3.05, 3.63) is 23.8 Å². The van der Waals surface area contributed by atoms with Crippen LogP contribution in [0.4, 0.5) is 5.69 Å². The lowest BCUT2D eigenvalue weighted by Gasteiger charge is -2.18. The number of methoxy groups -OCH3 is 1. The number of para-hydroxylation sites is 1. The van der Waals surface area contributed by atoms with E-state index in [4.69, 9.17) is 4.74 Å². The number of anilines is 1. The minimum absolute atomic E-state index is 0.0752. The van der Waals surface area contributed by atoms with E-state index in [1.54, 1.807) is 7.11 Å². The quantitative estimate of drug-likeness (QED) is 0.841. The Bertz CT molecular complexity index is 412. The molecule has 1 aliphatic heterocycles. The number of carbonyl (C=O) groups is 1. The van der Waals surface area contributed by atoms with Crippen LogP contribution in [0.15, 0.2) is 18.2 Å². The number of carbonyl (C=O) groups excluding carboxylic acids is 1. The van der Waals surface area contributed by atoms with Crippen LogP contribution in [-0.2, 0) is 4.79 Å². The molecule has 1 fully saturated rings. The summed E-state index contributed by atoms with van der Waals surface area (Å²) in [5.41, 5.74) is 1.90. The van der Waals surface area contributed by atoms with Crippen LogP contribution < -0.4 is 15.4 Å². The van der Waals surface area contributed by atoms with E-state index < -0.39 is 0 Å². The lowest BCUT2D eigenvalue weighted by molar-refractivity contribution is -0.114. The molecule has 2 rings (SSSR count). The molecule has 1 unspecified atom stereocenters. The maximum Gasteiger partial charge on any atom is 0.221 e. The normalized spacial score (nSPS) is 19.1. The van der Waals surface area contributed by atoms with Crippen molar-refractivity contribution in [1.82, 2.24) is 5.32 Å². The first kappa shape index (κ1) is 11.9. The highest BCUT2D eigenvalue weighted by Gasteiger charge is 2.21. The van der Waals surface area contributed by atoms with Crippen LogP contribution in [0.5, 0.6) is 5.75 Å². The summed E-state index contributed by atoms with van der Waals surface area (Å²) in [6, 6.07) is 6.17. The fourth-order valence-corrected chi connectivity index (χ4v) is 2.27. The first-order valence-electron chi connectivity index (χ1n) is 5.90. The molecular weight excluding hydrogens is 216 g/mol. The highest BCUT2D eigenvalue weighted by molar-refractivity contribution is 5.91. The topological polar surface area (TPSA) is 50.4 Å². The van der Waals surface area contributed by atoms with Crippen molar-refractivity contribution < 1.29 is 9.53 Å². The van der Waals surface area contributed by atoms with Crippen molar-refractivity contribution in [2.45, 2.75) is 25.8 Å². The Morgan fingerprint density at radius 2 is 2.35 bits per heavy atom. The Labute approximate surface area is 101 Å². The van der Waals surface area contributed by atoms with Gasteiger partial charge in [0, 0.05) is 13.0 Å². The molecule has 1 heterocycles. The van der Waals surface area contributed by atoms with E-state index in [0.717, 1.165) is 24.2 Å². The van der Waals surface area contributed by atoms with E-state index in [9.17, 15) is 4.79 Å². The van der Waals surface area contributed by atoms with Gasteiger partial charge < -0.3 is 15.4 Å². The second-order valence-electron chi connectivity index (χ2n) is 4.25. The number of hydrogen-bond acceptors (Lipinski definition) is 3. The van der Waals surface area contributed by atoms with Crippen molar-refractivity contribution in [2.24, 2.45) is 0 Å². The molecule has 92 valence electrons. The predicted molar refractivity (Wildman–Crippen MR) is 67.3 cm³/mol. The first-order chi connectivity index (χ1) is 8.22. The monoisotopic (exact) mass is 234 g/mol. The molecule has 4 heteroatoms. The lowest BCUT2D eigenvalue weighted by atomic mass is 10.0. The SMILES string of the molecule is COc1cccc(C2CCCN2)c1NC(C)=O. The summed E-state index contributed by atoms with van der Waals surface area (Å²) >= 11 is 0. The van der Waals surface area contributed by atoms with Crippen LogP contribution >= 0.6 is 0 Å². The first-order valence-corrected chi connectivity index (χ1v) is 5.90. The third-order valence-electron chi connectivity index (χ3n) is 3.02. The van der Waals surface area contributed by atoms with E-state index in [0.29, 0.717) is 11.8 Å². The van der Waals surface area contributed by atoms with Crippen LogP contribution in [0.3, 0.4) is 0 Å². The van der Waals surface area contributed by atoms with E-state index >= 15 is 0 Å². The molecule has 2 N–H and O–H groups in total. The summed E-state index contributed by atoms with van der Waals surface area (Å²) in [4.78, 5) is 11.3. The lowest BCUT2D eigenvalue weighted by Crippen LogP contribution is -2.17. The summed E-state index contributed by atoms with van der Waals surface area (Å²) in [5, 5.41) is 6.30. The molecule has 0 bridgehead atoms. The number of rotatable bonds is 3. The molecule has 0 aromatic heterocycles. The van der Waals surface area contributed by atoms with Gasteiger partial charge >= 0.3 is 0 Å². The highest BCUT2D eigenvalue weighted by Crippen LogP contribution is 2.35. The summed E-state index contributed by atoms with van der Waals surface area (Å²) in [5.74, 6) is 0.639. The van der Waals surface area contributed by atoms with Gasteiger partial charge in [-0.1, -0.05) is 12.1 Å². The standard InChI is InChI=1S/C13H18N2O2/c1-9(16)15-13-10(11-6-4-8-14-11)5-3-7-12(13)17-2/h3,5,7,11,14H,4,6,8H2,1-2H3,(H,15,16). The summed E-state index contributed by atoms with van der Waals surface area (Å²) in [6.45, 7) is 2.54. The van der Waals surface area contributed by atoms with Gasteiger partial charge in [-0.2, -0.15) is 0 Å². The minimum Gasteiger partial charge on any atom is -0.495 e. The van der Waals surface area contributed by atoms with E-state index in [2.05, 4.69) is 10.6 Å². The molecular formula is C13H18N2O2. The molecule has 17 heavy (non-hydrogen) atoms. The van der Waals surface area contributed by atoms with Crippen LogP contribution in [0.1, 0.15) is 31.4 Å². The Balaban J connectivity index is 2.37. The van der Waals surface area contributed by atoms with Gasteiger partial charge in [0.2, 0.25) is 5.91 Å². The molecule has 1 aromatic carbocycles. The molecule has 0 saturated carbocycles. The van der Waals surface area contributed by atoms with Crippen LogP contribution in [0, 0.1) is 0 Å². The fraction of sp³-hybridized carbons (Fsp3) is 0.462. The largest absolute Gasteiger partial charge is 0.495 e. The minimum atomic E-state index is -0.0752. The number of amides is 1. The molecule has 1 saturated heterocycles. The summed E-state index contributed by atoms with van der Waals surface area (Å²) in [7, 11) is 1.62. The van der Waals surface area contributed by atoms with E-state index in [-0.39, 0.29) is 5.91 Å². The Morgan fingerprint density at radius 3 is 2.94 bits per heavy atom. The van der Waals surface area contributed by atoms with Crippen LogP contribution in [0.2, 0.25) is 0 Å². The van der Waals surface area contributed by atoms with Gasteiger partial charge in [-0.3, -0.25) is 4.79 Å². The zero-order chi connectivity index (χ0) is 12.3. The van der Waals surface area contributed by atoms with Crippen molar-refractivity contribution in [3.8, 4) is 5.75 Å². The average Bonchev–Trinajstić information content (AvgIpc) is 2.82. The smallest absolute Gasteiger partial charge is 0.221 e. The van der Waals surface area contributed by atoms with Gasteiger partial charge in [0.25, 0.3) is 0 Å². The third kappa shape index (κ3) is 2.58. The van der Waals surface area contributed by atoms with Gasteiger partial charge in [-0.25, -0.2) is 0 Å². The average molecular weight is 234 g/mol. The molecule has 0 aliphatic carbocycles. The van der Waals surface area contributed by atoms with Gasteiger partial charge in [-0.15, -0.1) is 0 Å². The van der Waals surface area contributed by atoms with E-state index in [1.165, 1.54) is 13.3 Å². The molecule has 1 aromatic rings. The fourth-order valence-electron chi connectivity index (χ4n) is 2.27. The highest BCUT2D eigenvalue weighted by atomic mass is 16.5. The molecule has 0 spiro atoms. The number of ether oxygens (including phenoxy) is 1. The van der Waals surface area contributed by atoms with Crippen LogP contribution in [-0.4, -0.2) is 19.6 Å². The second kappa shape index (κ2) is 5.19. The van der Waals surface area contributed by atoms with Crippen molar-refractivity contribution in [1.29, 1.82) is 0 Å². The zero-order valence-corrected chi connectivity index (χ0v) is 10.2. The number of benzene rings is 1. The van der Waals surface area contributed by atoms with Gasteiger partial charge in [0.05, 0.1) is 12.8 Å². The maximum absolute atomic E-state index is 11.3. The predicted octanol–water partition coefficient (Wildman–Crippen LogP) is 2.08. The van der Waals surface area contributed by atoms with Gasteiger partial charge in [0.15, 0.2) is 0 Å². The zero-order valence-electron chi connectivity index (χ0n) is 10.2. The Hall–Kier alpha value is -1.55. The molecule has 4 nitrogen and oxygen atoms in total. The van der Waals surface area contributed by atoms with Crippen LogP contribution in [0.25, 0.3) is 0 Å². The van der Waals surface area contributed by atoms with Crippen molar-refractivity contribution >= 4 is 11.6 Å². The van der Waals surface area contributed by atoms with E-state index in [1.807, 2.05) is 18.2 Å². The Morgan fingerprint density at radius 1 is 1.53 bits per heavy atom. The molecule has 1 aliphatic rings. The van der Waals surface area contributed by atoms with Crippen molar-refractivity contribution in [3.63, 3.8) is 0 Å². The second-order valence-corrected chi connectivity index (χ2v) is 4.25. The van der Waals surface area contributed by atoms with Crippen molar-refractivity contribution in [2.75, 3.05) is 19.0 Å². The van der Waals surface area contributed by atoms with Gasteiger partial charge in [-0.05, 0) is 31.0 Å². The molecule has 0 radical (unpaired) electrons. The number of hydrogen-bond donors (Lipinski definition) is 2. The maximum atomic E-state index is 11.3. The summed E-state index contributed by atoms with van der Waals surface area (Å²) in [6.07, 6.45) is 2.27. The summed E-state index contributed by atoms with van der Waals surface area (Å²) < 4.78 is 5.30. The number of nitrogens with one attached hydrogen (secondary N) is 2. The molecule has 1 atom stereocenters. The Kier molecular flexibility index (Phi) is 3.64.